The maximum atomic E-state index is 12.8. The fourth-order valence-corrected chi connectivity index (χ4v) is 4.50. The first-order valence-electron chi connectivity index (χ1n) is 10.7. The van der Waals surface area contributed by atoms with Crippen molar-refractivity contribution in [3.05, 3.63) is 4.91 Å². The van der Waals surface area contributed by atoms with Gasteiger partial charge in [-0.25, -0.2) is 4.79 Å². The van der Waals surface area contributed by atoms with E-state index < -0.39 is 48.4 Å². The molecule has 0 radical (unpaired) electrons. The monoisotopic (exact) mass is 467 g/mol. The Balaban J connectivity index is 2.33. The van der Waals surface area contributed by atoms with Gasteiger partial charge in [-0.1, -0.05) is 33.1 Å². The van der Waals surface area contributed by atoms with Crippen molar-refractivity contribution in [2.75, 3.05) is 19.0 Å². The number of aliphatic hydroxyl groups is 5. The van der Waals surface area contributed by atoms with Crippen LogP contribution in [0.4, 0.5) is 4.79 Å². The third kappa shape index (κ3) is 5.65. The van der Waals surface area contributed by atoms with Crippen LogP contribution >= 0.6 is 11.6 Å². The van der Waals surface area contributed by atoms with Crippen molar-refractivity contribution in [1.82, 2.24) is 9.91 Å². The second-order valence-electron chi connectivity index (χ2n) is 8.73. The molecule has 31 heavy (non-hydrogen) atoms. The molecule has 0 bridgehead atoms. The van der Waals surface area contributed by atoms with Crippen molar-refractivity contribution in [2.45, 2.75) is 82.4 Å². The van der Waals surface area contributed by atoms with E-state index in [1.165, 1.54) is 0 Å². The van der Waals surface area contributed by atoms with E-state index in [0.29, 0.717) is 17.9 Å². The molecular formula is C19H34ClN3O8. The van der Waals surface area contributed by atoms with Gasteiger partial charge in [0.25, 0.3) is 0 Å². The van der Waals surface area contributed by atoms with Crippen LogP contribution in [0.3, 0.4) is 0 Å². The summed E-state index contributed by atoms with van der Waals surface area (Å²) >= 11 is 5.61. The maximum Gasteiger partial charge on any atom is 0.345 e. The summed E-state index contributed by atoms with van der Waals surface area (Å²) in [6.45, 7) is 3.29. The van der Waals surface area contributed by atoms with Gasteiger partial charge >= 0.3 is 6.03 Å². The molecule has 1 aliphatic carbocycles. The van der Waals surface area contributed by atoms with Crippen LogP contribution in [0.1, 0.15) is 46.0 Å². The van der Waals surface area contributed by atoms with Crippen molar-refractivity contribution < 1.29 is 35.1 Å². The van der Waals surface area contributed by atoms with Crippen LogP contribution < -0.4 is 0 Å². The SMILES string of the molecule is CC(C)CN(C(=O)N(CCCl)N=O)C(O)[C@H]1O[C@](O)(C2CCCCC2)[C@H](O)[C@@H](O)[C@@H]1O. The lowest BCUT2D eigenvalue weighted by atomic mass is 9.77. The van der Waals surface area contributed by atoms with Gasteiger partial charge in [-0.05, 0) is 18.8 Å². The van der Waals surface area contributed by atoms with E-state index in [1.54, 1.807) is 13.8 Å². The number of alkyl halides is 1. The van der Waals surface area contributed by atoms with Crippen LogP contribution in [0, 0.1) is 16.7 Å². The number of halogens is 1. The van der Waals surface area contributed by atoms with Crippen molar-refractivity contribution in [2.24, 2.45) is 17.1 Å². The largest absolute Gasteiger partial charge is 0.387 e. The fourth-order valence-electron chi connectivity index (χ4n) is 4.34. The summed E-state index contributed by atoms with van der Waals surface area (Å²) in [5.41, 5.74) is 0. The molecule has 2 amide bonds. The summed E-state index contributed by atoms with van der Waals surface area (Å²) in [6.07, 6.45) is -5.28. The first-order chi connectivity index (χ1) is 14.6. The summed E-state index contributed by atoms with van der Waals surface area (Å²) in [5, 5.41) is 56.7. The third-order valence-corrected chi connectivity index (χ3v) is 6.15. The summed E-state index contributed by atoms with van der Waals surface area (Å²) in [5.74, 6) is -2.96. The average Bonchev–Trinajstić information content (AvgIpc) is 2.76. The topological polar surface area (TPSA) is 163 Å². The Hall–Kier alpha value is -1.08. The van der Waals surface area contributed by atoms with Crippen LogP contribution in [0.25, 0.3) is 0 Å². The van der Waals surface area contributed by atoms with Crippen molar-refractivity contribution in [1.29, 1.82) is 0 Å². The van der Waals surface area contributed by atoms with Gasteiger partial charge in [-0.3, -0.25) is 4.90 Å². The standard InChI is InChI=1S/C19H34ClN3O8/c1-11(2)10-22(18(28)23(21-30)9-8-20)17(27)15-13(24)14(25)16(26)19(29,31-15)12-6-4-3-5-7-12/h11-17,24-27,29H,3-10H2,1-2H3/t13-,14-,15-,16+,17?,19+/m0/s1. The molecule has 1 saturated carbocycles. The highest BCUT2D eigenvalue weighted by molar-refractivity contribution is 6.18. The second kappa shape index (κ2) is 11.2. The molecule has 0 aromatic rings. The predicted octanol–water partition coefficient (Wildman–Crippen LogP) is 0.355. The smallest absolute Gasteiger partial charge is 0.345 e. The molecule has 11 nitrogen and oxygen atoms in total. The van der Waals surface area contributed by atoms with E-state index in [0.717, 1.165) is 24.2 Å². The number of hydrogen-bond donors (Lipinski definition) is 5. The number of nitrogens with zero attached hydrogens (tertiary/aromatic N) is 3. The summed E-state index contributed by atoms with van der Waals surface area (Å²) in [6, 6.07) is -0.963. The van der Waals surface area contributed by atoms with E-state index in [9.17, 15) is 35.2 Å². The Kier molecular flexibility index (Phi) is 9.43. The second-order valence-corrected chi connectivity index (χ2v) is 9.11. The van der Waals surface area contributed by atoms with E-state index in [1.807, 2.05) is 0 Å². The van der Waals surface area contributed by atoms with Crippen LogP contribution in [0.5, 0.6) is 0 Å². The van der Waals surface area contributed by atoms with Gasteiger partial charge in [0.2, 0.25) is 0 Å². The zero-order chi connectivity index (χ0) is 23.3. The van der Waals surface area contributed by atoms with E-state index in [2.05, 4.69) is 5.29 Å². The Morgan fingerprint density at radius 1 is 1.19 bits per heavy atom. The molecule has 1 saturated heterocycles. The minimum atomic E-state index is -2.21. The lowest BCUT2D eigenvalue weighted by Crippen LogP contribution is -2.71. The van der Waals surface area contributed by atoms with Gasteiger partial charge in [0.1, 0.15) is 24.4 Å². The fraction of sp³-hybridized carbons (Fsp3) is 0.947. The molecule has 1 heterocycles. The van der Waals surface area contributed by atoms with Gasteiger partial charge in [0, 0.05) is 18.3 Å². The molecule has 0 spiro atoms. The highest BCUT2D eigenvalue weighted by Gasteiger charge is 2.58. The minimum absolute atomic E-state index is 0.0403. The third-order valence-electron chi connectivity index (χ3n) is 5.99. The van der Waals surface area contributed by atoms with Gasteiger partial charge in [-0.15, -0.1) is 16.5 Å². The van der Waals surface area contributed by atoms with E-state index in [4.69, 9.17) is 16.3 Å². The zero-order valence-electron chi connectivity index (χ0n) is 17.9. The van der Waals surface area contributed by atoms with Gasteiger partial charge in [-0.2, -0.15) is 5.01 Å². The molecular weight excluding hydrogens is 434 g/mol. The molecule has 12 heteroatoms. The number of ether oxygens (including phenoxy) is 1. The van der Waals surface area contributed by atoms with E-state index in [-0.39, 0.29) is 24.9 Å². The first kappa shape index (κ1) is 26.2. The molecule has 1 unspecified atom stereocenters. The average molecular weight is 468 g/mol. The summed E-state index contributed by atoms with van der Waals surface area (Å²) in [7, 11) is 0. The van der Waals surface area contributed by atoms with Crippen LogP contribution in [0.15, 0.2) is 5.29 Å². The molecule has 5 N–H and O–H groups in total. The highest BCUT2D eigenvalue weighted by Crippen LogP contribution is 2.41. The number of urea groups is 1. The van der Waals surface area contributed by atoms with Crippen molar-refractivity contribution in [3.63, 3.8) is 0 Å². The molecule has 2 fully saturated rings. The summed E-state index contributed by atoms with van der Waals surface area (Å²) < 4.78 is 5.65. The quantitative estimate of drug-likeness (QED) is 0.148. The van der Waals surface area contributed by atoms with Crippen LogP contribution in [-0.2, 0) is 4.74 Å². The minimum Gasteiger partial charge on any atom is -0.387 e. The number of hydrogen-bond acceptors (Lipinski definition) is 9. The molecule has 6 atom stereocenters. The summed E-state index contributed by atoms with van der Waals surface area (Å²) in [4.78, 5) is 24.8. The van der Waals surface area contributed by atoms with Gasteiger partial charge in [0.05, 0.1) is 11.8 Å². The zero-order valence-corrected chi connectivity index (χ0v) is 18.6. The highest BCUT2D eigenvalue weighted by atomic mass is 35.5. The van der Waals surface area contributed by atoms with Crippen molar-refractivity contribution in [3.8, 4) is 0 Å². The number of amides is 2. The lowest BCUT2D eigenvalue weighted by molar-refractivity contribution is -0.382. The van der Waals surface area contributed by atoms with Crippen LogP contribution in [0.2, 0.25) is 0 Å². The van der Waals surface area contributed by atoms with Crippen molar-refractivity contribution >= 4 is 17.6 Å². The normalized spacial score (nSPS) is 33.2. The Labute approximate surface area is 186 Å². The molecule has 0 aromatic heterocycles. The molecule has 2 rings (SSSR count). The Morgan fingerprint density at radius 2 is 1.81 bits per heavy atom. The number of carbonyl (C=O) groups is 1. The number of nitroso groups, excluding NO2 is 1. The number of carbonyl (C=O) groups excluding carboxylic acids is 1. The Morgan fingerprint density at radius 3 is 2.32 bits per heavy atom. The van der Waals surface area contributed by atoms with Gasteiger partial charge in [0.15, 0.2) is 12.0 Å². The molecule has 1 aliphatic heterocycles. The molecule has 0 aromatic carbocycles. The molecule has 180 valence electrons. The number of rotatable bonds is 8. The van der Waals surface area contributed by atoms with Gasteiger partial charge < -0.3 is 30.3 Å². The first-order valence-corrected chi connectivity index (χ1v) is 11.2. The van der Waals surface area contributed by atoms with E-state index >= 15 is 0 Å². The maximum absolute atomic E-state index is 12.8. The number of aliphatic hydroxyl groups excluding tert-OH is 4. The lowest BCUT2D eigenvalue weighted by Gasteiger charge is -2.51. The predicted molar refractivity (Wildman–Crippen MR) is 111 cm³/mol. The molecule has 2 aliphatic rings. The Bertz CT molecular complexity index is 605. The van der Waals surface area contributed by atoms with Crippen LogP contribution in [-0.4, -0.2) is 96.9 Å².